The van der Waals surface area contributed by atoms with Gasteiger partial charge in [-0.3, -0.25) is 14.5 Å². The van der Waals surface area contributed by atoms with Crippen molar-refractivity contribution in [1.82, 2.24) is 65.9 Å². The Morgan fingerprint density at radius 3 is 0.915 bits per heavy atom. The number of nitrogens with zero attached hydrogens (tertiary/aromatic N) is 15. The second kappa shape index (κ2) is 55.8. The molecule has 0 saturated carbocycles. The minimum atomic E-state index is -2.72. The van der Waals surface area contributed by atoms with Gasteiger partial charge in [-0.25, -0.2) is 19.2 Å². The maximum atomic E-state index is 12.7. The Bertz CT molecular complexity index is 5680. The van der Waals surface area contributed by atoms with Crippen molar-refractivity contribution in [2.24, 2.45) is 5.73 Å². The van der Waals surface area contributed by atoms with Crippen LogP contribution in [0.5, 0.6) is 0 Å². The number of tetrazole rings is 3. The summed E-state index contributed by atoms with van der Waals surface area (Å²) in [5.41, 5.74) is 45.6. The third-order valence-electron chi connectivity index (χ3n) is 17.7. The van der Waals surface area contributed by atoms with E-state index in [4.69, 9.17) is 90.5 Å². The number of hydrogen-bond acceptors (Lipinski definition) is 24. The predicted octanol–water partition coefficient (Wildman–Crippen LogP) is 11.7. The van der Waals surface area contributed by atoms with Gasteiger partial charge < -0.3 is 67.1 Å². The summed E-state index contributed by atoms with van der Waals surface area (Å²) in [6, 6.07) is 67.4. The fraction of sp³-hybridized carbons (Fsp3) is 0.233. The molecule has 2 amide bonds. The molecule has 32 nitrogen and oxygen atoms in total. The van der Waals surface area contributed by atoms with Gasteiger partial charge >= 0.3 is 77.6 Å². The van der Waals surface area contributed by atoms with Crippen molar-refractivity contribution in [2.75, 3.05) is 66.9 Å². The zero-order chi connectivity index (χ0) is 92.9. The number of nitrogens with two attached hydrogens (primary N) is 2. The zero-order valence-electron chi connectivity index (χ0n) is 75.0. The molecule has 7 N–H and O–H groups in total. The smallest absolute Gasteiger partial charge is 0.870 e. The molecule has 10 aromatic carbocycles. The van der Waals surface area contributed by atoms with Gasteiger partial charge in [-0.1, -0.05) is 149 Å². The number of carbonyl (C=O) groups is 6. The summed E-state index contributed by atoms with van der Waals surface area (Å²) < 4.78 is 33.7. The quantitative estimate of drug-likeness (QED) is 0.00853. The molecule has 0 spiro atoms. The number of aromatic nitrogens is 12. The molecule has 666 valence electrons. The van der Waals surface area contributed by atoms with Crippen molar-refractivity contribution in [1.29, 1.82) is 0 Å². The first kappa shape index (κ1) is 111. The van der Waals surface area contributed by atoms with E-state index in [-0.39, 0.29) is 83.8 Å². The Balaban J connectivity index is 0.000000399. The number of esters is 4. The number of rotatable bonds is 19. The van der Waals surface area contributed by atoms with Crippen molar-refractivity contribution in [3.8, 4) is 72.7 Å². The summed E-state index contributed by atoms with van der Waals surface area (Å²) in [7, 11) is 8.67. The third-order valence-corrected chi connectivity index (χ3v) is 17.7. The van der Waals surface area contributed by atoms with E-state index in [1.54, 1.807) is 96.7 Å². The summed E-state index contributed by atoms with van der Waals surface area (Å²) in [4.78, 5) is 72.7. The normalized spacial score (nSPS) is 10.5. The van der Waals surface area contributed by atoms with E-state index in [0.717, 1.165) is 66.9 Å². The molecule has 0 saturated heterocycles. The number of anilines is 2. The van der Waals surface area contributed by atoms with E-state index in [1.807, 2.05) is 213 Å². The molecule has 0 fully saturated rings. The Hall–Kier alpha value is -11.8. The first-order valence-corrected chi connectivity index (χ1v) is 44.5. The molecule has 13 rings (SSSR count). The summed E-state index contributed by atoms with van der Waals surface area (Å²) in [6.07, 6.45) is 0. The van der Waals surface area contributed by atoms with Crippen LogP contribution in [0.1, 0.15) is 118 Å². The molecular weight excluding hydrogens is 1750 g/mol. The summed E-state index contributed by atoms with van der Waals surface area (Å²) >= 11 is 19.9. The summed E-state index contributed by atoms with van der Waals surface area (Å²) in [5.74, 6) is -0.0330. The predicted molar refractivity (Wildman–Crippen MR) is 495 cm³/mol. The van der Waals surface area contributed by atoms with Crippen molar-refractivity contribution in [3.63, 3.8) is 0 Å². The molecule has 129 heavy (non-hydrogen) atoms. The SMILES string of the molecule is COC(=O)c1cc(-c2ccc(C)cc2)cc(-n2nnnc2C)c1.COC(=O)c1cc(-c2ccc(C)cc2)cc(-n2nnnc2C)c1.COC(=O)c1cc(N)cc(-c2ccc(C)cc2)c1.COC(=O)c1cc(NC(C)=O)cc(-c2ccc(C)cc2)c1.COCC(C)N.COCC(C)NC(=O)c1cc(-c2ccc(C)cc2)cc(-n2nnnc2C)c1.Cl[Si](Cl)(Cl)Cl.[Li+].[N-]=[N+]=[N-].[Na+].[OH-]. The Kier molecular flexibility index (Phi) is 48.1. The van der Waals surface area contributed by atoms with Gasteiger partial charge in [0.15, 0.2) is 17.5 Å². The number of nitrogen functional groups attached to an aromatic ring is 1. The van der Waals surface area contributed by atoms with E-state index < -0.39 is 23.2 Å². The number of benzene rings is 10. The average Bonchev–Trinajstić information content (AvgIpc) is 1.78. The van der Waals surface area contributed by atoms with Crippen LogP contribution in [0.4, 0.5) is 11.4 Å². The van der Waals surface area contributed by atoms with Gasteiger partial charge in [0, 0.05) is 50.2 Å². The van der Waals surface area contributed by atoms with Crippen LogP contribution >= 0.6 is 44.3 Å². The largest absolute Gasteiger partial charge is 1.00 e. The van der Waals surface area contributed by atoms with E-state index >= 15 is 0 Å². The molecule has 39 heteroatoms. The first-order valence-electron chi connectivity index (χ1n) is 38.4. The number of hydrogen-bond donors (Lipinski definition) is 4. The number of aryl methyl sites for hydroxylation is 8. The van der Waals surface area contributed by atoms with Crippen LogP contribution in [0, 0.1) is 55.4 Å². The minimum absolute atomic E-state index is 0. The van der Waals surface area contributed by atoms with Crippen LogP contribution < -0.4 is 70.5 Å². The van der Waals surface area contributed by atoms with Crippen LogP contribution in [0.25, 0.3) is 88.7 Å². The Morgan fingerprint density at radius 1 is 0.411 bits per heavy atom. The molecular formula is C90H99Cl4LiN19NaO13Si. The van der Waals surface area contributed by atoms with Crippen molar-refractivity contribution in [2.45, 2.75) is 88.2 Å². The second-order valence-corrected chi connectivity index (χ2v) is 39.3. The van der Waals surface area contributed by atoms with Crippen LogP contribution in [-0.4, -0.2) is 175 Å². The van der Waals surface area contributed by atoms with Gasteiger partial charge in [0.1, 0.15) is 0 Å². The van der Waals surface area contributed by atoms with Crippen LogP contribution in [0.15, 0.2) is 212 Å². The van der Waals surface area contributed by atoms with Crippen molar-refractivity contribution >= 4 is 96.7 Å². The Morgan fingerprint density at radius 2 is 0.667 bits per heavy atom. The van der Waals surface area contributed by atoms with Gasteiger partial charge in [-0.05, 0) is 247 Å². The molecule has 3 aromatic heterocycles. The van der Waals surface area contributed by atoms with E-state index in [1.165, 1.54) is 62.5 Å². The van der Waals surface area contributed by atoms with Crippen molar-refractivity contribution in [3.05, 3.63) is 301 Å². The van der Waals surface area contributed by atoms with Gasteiger partial charge in [0.2, 0.25) is 5.91 Å². The topological polar surface area (TPSA) is 453 Å². The molecule has 0 bridgehead atoms. The maximum absolute atomic E-state index is 12.7. The number of halogens is 4. The summed E-state index contributed by atoms with van der Waals surface area (Å²) in [6.45, 7) is 21.9. The fourth-order valence-electron chi connectivity index (χ4n) is 11.7. The molecule has 0 aliphatic heterocycles. The van der Waals surface area contributed by atoms with Gasteiger partial charge in [0.25, 0.3) is 5.91 Å². The van der Waals surface area contributed by atoms with Gasteiger partial charge in [0.05, 0.1) is 81.0 Å². The third kappa shape index (κ3) is 37.0. The fourth-order valence-corrected chi connectivity index (χ4v) is 11.7. The minimum Gasteiger partial charge on any atom is -0.870 e. The van der Waals surface area contributed by atoms with Crippen molar-refractivity contribution < 1.29 is 111 Å². The Labute approximate surface area is 802 Å². The number of carbonyl (C=O) groups excluding carboxylic acids is 6. The molecule has 2 atom stereocenters. The molecule has 0 aliphatic rings. The second-order valence-electron chi connectivity index (χ2n) is 28.1. The molecule has 13 aromatic rings. The maximum Gasteiger partial charge on any atom is 1.00 e. The molecule has 0 radical (unpaired) electrons. The van der Waals surface area contributed by atoms with Gasteiger partial charge in [-0.15, -0.1) is 59.6 Å². The first-order chi connectivity index (χ1) is 59.9. The average molecular weight is 1850 g/mol. The van der Waals surface area contributed by atoms with E-state index in [0.29, 0.717) is 81.3 Å². The number of amides is 2. The van der Waals surface area contributed by atoms with Crippen LogP contribution in [0.3, 0.4) is 0 Å². The number of methoxy groups -OCH3 is 6. The standard InChI is InChI=1S/C20H23N5O2.2C17H16N4O2.C17H17NO3.C15H15NO2.C4H11NO.Cl4Si.Li.N3.Na.H2O/c1-13-5-7-16(8-6-13)17-9-18(20(26)21-14(2)12-27-4)11-19(10-17)25-15(3)22-23-24-25;2*1-11-4-6-13(7-5-11)14-8-15(17(22)23-3)10-16(9-14)21-12(2)18-19-20-21;1-11-4-6-13(7-5-11)14-8-15(17(20)21-3)10-16(9-14)18-12(2)19;1-10-3-5-11(6-4-10)12-7-13(15(17)18-2)9-14(16)8-12;1-4(5)3-6-2;1-5(2,3)4;;1-3-2;;/h5-11,14H,12H2,1-4H3,(H,21,26);2*4-10H,1-3H3;4-10H,1-3H3,(H,18,19);3-9H,16H2,1-2H3;4H,3,5H2,1-2H3;;;;;1H2/q;;;;;;;+1;-1;+1;/p-1. The molecule has 3 heterocycles. The number of ether oxygens (including phenoxy) is 6. The number of nitrogens with one attached hydrogen (secondary N) is 2. The monoisotopic (exact) mass is 1850 g/mol. The van der Waals surface area contributed by atoms with E-state index in [9.17, 15) is 28.8 Å². The molecule has 0 aliphatic carbocycles. The van der Waals surface area contributed by atoms with Gasteiger partial charge in [-0.2, -0.15) is 14.0 Å². The molecule has 2 unspecified atom stereocenters. The van der Waals surface area contributed by atoms with E-state index in [2.05, 4.69) is 61.9 Å². The van der Waals surface area contributed by atoms with Crippen LogP contribution in [-0.2, 0) is 33.2 Å². The van der Waals surface area contributed by atoms with Crippen LogP contribution in [0.2, 0.25) is 0 Å². The zero-order valence-corrected chi connectivity index (χ0v) is 81.0. The summed E-state index contributed by atoms with van der Waals surface area (Å²) in [5, 5.41) is 37.6.